The molecule has 0 aromatic heterocycles. The average Bonchev–Trinajstić information content (AvgIpc) is 2.76. The van der Waals surface area contributed by atoms with Gasteiger partial charge < -0.3 is 13.8 Å². The molecule has 1 aliphatic carbocycles. The van der Waals surface area contributed by atoms with Crippen LogP contribution >= 0.6 is 23.8 Å². The molecule has 1 aliphatic rings. The molecule has 0 saturated heterocycles. The van der Waals surface area contributed by atoms with E-state index in [0.29, 0.717) is 29.4 Å². The van der Waals surface area contributed by atoms with Crippen LogP contribution < -0.4 is 9.05 Å². The molecule has 0 bridgehead atoms. The Morgan fingerprint density at radius 3 is 1.94 bits per heavy atom. The molecule has 170 valence electrons. The van der Waals surface area contributed by atoms with E-state index < -0.39 is 7.82 Å². The number of benzene rings is 2. The summed E-state index contributed by atoms with van der Waals surface area (Å²) in [7, 11) is -3.81. The topological polar surface area (TPSA) is 54.0 Å². The number of hydrogen-bond donors (Lipinski definition) is 0. The van der Waals surface area contributed by atoms with E-state index in [1.165, 1.54) is 32.1 Å². The Kier molecular flexibility index (Phi) is 10.4. The Balaban J connectivity index is 1.45. The number of hydrogen-bond acceptors (Lipinski definition) is 5. The third-order valence-corrected chi connectivity index (χ3v) is 7.58. The molecule has 3 rings (SSSR count). The summed E-state index contributed by atoms with van der Waals surface area (Å²) in [4.78, 5) is 0.433. The van der Waals surface area contributed by atoms with Gasteiger partial charge in [0.05, 0.1) is 12.7 Å². The second-order valence-corrected chi connectivity index (χ2v) is 10.4. The summed E-state index contributed by atoms with van der Waals surface area (Å²) in [6, 6.07) is 17.9. The molecule has 2 atom stereocenters. The fraction of sp³-hybridized carbons (Fsp3) is 0.500. The van der Waals surface area contributed by atoms with Crippen LogP contribution in [0.4, 0.5) is 0 Å². The van der Waals surface area contributed by atoms with E-state index in [4.69, 9.17) is 18.3 Å². The highest BCUT2D eigenvalue weighted by Crippen LogP contribution is 2.49. The number of phosphoric ester groups is 1. The number of para-hydroxylation sites is 2. The molecule has 2 aromatic rings. The minimum absolute atomic E-state index is 0.267. The summed E-state index contributed by atoms with van der Waals surface area (Å²) in [6.07, 6.45) is 9.20. The highest BCUT2D eigenvalue weighted by Gasteiger charge is 2.30. The highest BCUT2D eigenvalue weighted by molar-refractivity contribution is 9.09. The summed E-state index contributed by atoms with van der Waals surface area (Å²) >= 11 is 3.79. The van der Waals surface area contributed by atoms with Crippen molar-refractivity contribution in [1.29, 1.82) is 0 Å². The van der Waals surface area contributed by atoms with Gasteiger partial charge in [0.2, 0.25) is 0 Å². The monoisotopic (exact) mass is 510 g/mol. The van der Waals surface area contributed by atoms with Crippen LogP contribution in [0.15, 0.2) is 60.7 Å². The number of ether oxygens (including phenoxy) is 1. The van der Waals surface area contributed by atoms with Gasteiger partial charge in [-0.15, -0.1) is 0 Å². The second kappa shape index (κ2) is 13.3. The zero-order chi connectivity index (χ0) is 21.8. The van der Waals surface area contributed by atoms with Gasteiger partial charge in [-0.3, -0.25) is 4.52 Å². The largest absolute Gasteiger partial charge is 0.587 e. The predicted molar refractivity (Wildman–Crippen MR) is 127 cm³/mol. The molecule has 5 nitrogen and oxygen atoms in total. The third-order valence-electron chi connectivity index (χ3n) is 5.16. The van der Waals surface area contributed by atoms with Crippen molar-refractivity contribution in [2.75, 3.05) is 13.2 Å². The first-order valence-corrected chi connectivity index (χ1v) is 13.5. The zero-order valence-corrected chi connectivity index (χ0v) is 20.3. The highest BCUT2D eigenvalue weighted by atomic mass is 79.9. The van der Waals surface area contributed by atoms with E-state index in [-0.39, 0.29) is 12.7 Å². The molecule has 0 unspecified atom stereocenters. The maximum Gasteiger partial charge on any atom is 0.587 e. The van der Waals surface area contributed by atoms with E-state index >= 15 is 0 Å². The fourth-order valence-corrected chi connectivity index (χ4v) is 5.50. The molecule has 0 radical (unpaired) electrons. The quantitative estimate of drug-likeness (QED) is 0.177. The minimum Gasteiger partial charge on any atom is -0.395 e. The molecule has 0 spiro atoms. The van der Waals surface area contributed by atoms with Gasteiger partial charge in [-0.2, -0.15) is 0 Å². The first-order chi connectivity index (χ1) is 15.1. The summed E-state index contributed by atoms with van der Waals surface area (Å²) < 4.78 is 36.2. The van der Waals surface area contributed by atoms with Gasteiger partial charge in [-0.25, -0.2) is 4.57 Å². The Bertz CT molecular complexity index is 744. The molecule has 1 saturated carbocycles. The van der Waals surface area contributed by atoms with Crippen LogP contribution in [0.2, 0.25) is 0 Å². The summed E-state index contributed by atoms with van der Waals surface area (Å²) in [5.74, 6) is 0.885. The summed E-state index contributed by atoms with van der Waals surface area (Å²) in [6.45, 7) is 0.933. The van der Waals surface area contributed by atoms with E-state index in [0.717, 1.165) is 12.8 Å². The lowest BCUT2D eigenvalue weighted by Gasteiger charge is -2.25. The second-order valence-electron chi connectivity index (χ2n) is 7.71. The number of alkyl halides is 1. The van der Waals surface area contributed by atoms with Gasteiger partial charge >= 0.3 is 7.82 Å². The molecule has 0 aliphatic heterocycles. The normalized spacial score (nSPS) is 19.9. The van der Waals surface area contributed by atoms with Crippen LogP contribution in [0.3, 0.4) is 0 Å². The van der Waals surface area contributed by atoms with E-state index in [2.05, 4.69) is 15.9 Å². The van der Waals surface area contributed by atoms with Crippen molar-refractivity contribution in [2.24, 2.45) is 0 Å². The standard InChI is InChI=1S/C24H32BrO5P/c25-23-17-9-1-2-10-18-24(23)27-19-11-12-20-28-31(26,29-21-13-5-3-6-14-21)30-22-15-7-4-8-16-22/h3-8,13-16,23-24H,1-2,9-12,17-20H2/t23-,24-/m1/s1. The van der Waals surface area contributed by atoms with Crippen LogP contribution in [0.5, 0.6) is 11.5 Å². The van der Waals surface area contributed by atoms with Crippen LogP contribution in [0, 0.1) is 0 Å². The molecular weight excluding hydrogens is 479 g/mol. The van der Waals surface area contributed by atoms with E-state index in [9.17, 15) is 4.57 Å². The first-order valence-electron chi connectivity index (χ1n) is 11.1. The van der Waals surface area contributed by atoms with Crippen molar-refractivity contribution in [3.63, 3.8) is 0 Å². The molecule has 7 heteroatoms. The predicted octanol–water partition coefficient (Wildman–Crippen LogP) is 7.55. The molecule has 0 heterocycles. The molecule has 1 fully saturated rings. The van der Waals surface area contributed by atoms with Crippen LogP contribution in [0.25, 0.3) is 0 Å². The van der Waals surface area contributed by atoms with Crippen LogP contribution in [-0.4, -0.2) is 24.1 Å². The molecular formula is C24H32BrO5P. The maximum atomic E-state index is 13.2. The Morgan fingerprint density at radius 2 is 1.32 bits per heavy atom. The number of halogens is 1. The number of unbranched alkanes of at least 4 members (excludes halogenated alkanes) is 1. The van der Waals surface area contributed by atoms with Crippen LogP contribution in [-0.2, 0) is 13.8 Å². The summed E-state index contributed by atoms with van der Waals surface area (Å²) in [5.41, 5.74) is 0. The third kappa shape index (κ3) is 8.97. The smallest absolute Gasteiger partial charge is 0.395 e. The number of rotatable bonds is 11. The maximum absolute atomic E-state index is 13.2. The fourth-order valence-electron chi connectivity index (χ4n) is 3.50. The first kappa shape index (κ1) is 24.3. The Labute approximate surface area is 194 Å². The van der Waals surface area contributed by atoms with Crippen LogP contribution in [0.1, 0.15) is 51.4 Å². The molecule has 0 amide bonds. The average molecular weight is 511 g/mol. The Morgan fingerprint density at radius 1 is 0.774 bits per heavy atom. The van der Waals surface area contributed by atoms with Crippen molar-refractivity contribution >= 4 is 23.8 Å². The van der Waals surface area contributed by atoms with Crippen molar-refractivity contribution in [3.8, 4) is 11.5 Å². The molecule has 31 heavy (non-hydrogen) atoms. The van der Waals surface area contributed by atoms with E-state index in [1.54, 1.807) is 24.3 Å². The molecule has 2 aromatic carbocycles. The van der Waals surface area contributed by atoms with E-state index in [1.807, 2.05) is 36.4 Å². The van der Waals surface area contributed by atoms with Gasteiger partial charge in [0.25, 0.3) is 0 Å². The number of phosphoric acid groups is 1. The lowest BCUT2D eigenvalue weighted by Crippen LogP contribution is -2.26. The van der Waals surface area contributed by atoms with Crippen molar-refractivity contribution < 1.29 is 22.9 Å². The van der Waals surface area contributed by atoms with Gasteiger partial charge in [-0.1, -0.05) is 78.0 Å². The van der Waals surface area contributed by atoms with Gasteiger partial charge in [-0.05, 0) is 49.9 Å². The zero-order valence-electron chi connectivity index (χ0n) is 17.9. The van der Waals surface area contributed by atoms with Gasteiger partial charge in [0.1, 0.15) is 11.5 Å². The minimum atomic E-state index is -3.81. The Hall–Kier alpha value is -1.33. The SMILES string of the molecule is O=P(OCCCCO[C@@H]1CCCCCC[C@H]1Br)(Oc1ccccc1)Oc1ccccc1. The summed E-state index contributed by atoms with van der Waals surface area (Å²) in [5, 5.41) is 0. The molecule has 0 N–H and O–H groups in total. The van der Waals surface area contributed by atoms with Gasteiger partial charge in [0.15, 0.2) is 0 Å². The van der Waals surface area contributed by atoms with Crippen molar-refractivity contribution in [1.82, 2.24) is 0 Å². The van der Waals surface area contributed by atoms with Gasteiger partial charge in [0, 0.05) is 11.4 Å². The van der Waals surface area contributed by atoms with Crippen molar-refractivity contribution in [3.05, 3.63) is 60.7 Å². The van der Waals surface area contributed by atoms with Crippen molar-refractivity contribution in [2.45, 2.75) is 62.3 Å². The lowest BCUT2D eigenvalue weighted by molar-refractivity contribution is 0.0370. The lowest BCUT2D eigenvalue weighted by atomic mass is 9.98.